The van der Waals surface area contributed by atoms with Gasteiger partial charge in [-0.15, -0.1) is 11.3 Å². The maximum absolute atomic E-state index is 13.6. The van der Waals surface area contributed by atoms with Crippen molar-refractivity contribution in [2.45, 2.75) is 44.8 Å². The number of benzene rings is 2. The van der Waals surface area contributed by atoms with Crippen LogP contribution in [0.1, 0.15) is 43.0 Å². The maximum atomic E-state index is 13.6. The average molecular weight is 455 g/mol. The molecule has 6 heteroatoms. The molecule has 0 radical (unpaired) electrons. The smallest absolute Gasteiger partial charge is 0.305 e. The second-order valence-corrected chi connectivity index (χ2v) is 9.08. The Kier molecular flexibility index (Phi) is 7.96. The zero-order valence-corrected chi connectivity index (χ0v) is 18.8. The number of aliphatic hydroxyl groups is 2. The molecule has 0 amide bonds. The quantitative estimate of drug-likeness (QED) is 0.374. The molecule has 168 valence electrons. The Morgan fingerprint density at radius 2 is 1.69 bits per heavy atom. The lowest BCUT2D eigenvalue weighted by Crippen LogP contribution is -2.19. The van der Waals surface area contributed by atoms with Crippen molar-refractivity contribution >= 4 is 23.4 Å². The van der Waals surface area contributed by atoms with E-state index < -0.39 is 24.6 Å². The van der Waals surface area contributed by atoms with E-state index in [1.165, 1.54) is 12.1 Å². The van der Waals surface area contributed by atoms with Crippen LogP contribution in [0.3, 0.4) is 0 Å². The van der Waals surface area contributed by atoms with Crippen molar-refractivity contribution in [3.63, 3.8) is 0 Å². The molecule has 0 aliphatic carbocycles. The fraction of sp³-hybridized carbons (Fsp3) is 0.269. The van der Waals surface area contributed by atoms with Crippen LogP contribution in [0, 0.1) is 5.82 Å². The highest BCUT2D eigenvalue weighted by Gasteiger charge is 2.21. The molecule has 0 aliphatic rings. The van der Waals surface area contributed by atoms with Gasteiger partial charge >= 0.3 is 5.97 Å². The molecule has 3 rings (SSSR count). The van der Waals surface area contributed by atoms with Gasteiger partial charge in [0.15, 0.2) is 0 Å². The van der Waals surface area contributed by atoms with Crippen molar-refractivity contribution in [2.75, 3.05) is 0 Å². The number of hydrogen-bond donors (Lipinski definition) is 3. The molecule has 0 saturated carbocycles. The number of aliphatic carboxylic acids is 1. The summed E-state index contributed by atoms with van der Waals surface area (Å²) in [4.78, 5) is 12.9. The van der Waals surface area contributed by atoms with Crippen LogP contribution in [-0.4, -0.2) is 33.5 Å². The Balaban J connectivity index is 2.08. The lowest BCUT2D eigenvalue weighted by atomic mass is 9.94. The van der Waals surface area contributed by atoms with E-state index in [-0.39, 0.29) is 18.2 Å². The summed E-state index contributed by atoms with van der Waals surface area (Å²) in [6.07, 6.45) is 0.804. The van der Waals surface area contributed by atoms with Crippen molar-refractivity contribution in [3.8, 4) is 21.6 Å². The van der Waals surface area contributed by atoms with E-state index in [9.17, 15) is 19.4 Å². The van der Waals surface area contributed by atoms with E-state index in [1.54, 1.807) is 29.5 Å². The minimum absolute atomic E-state index is 0.0681. The molecule has 0 aliphatic heterocycles. The van der Waals surface area contributed by atoms with Crippen LogP contribution in [0.4, 0.5) is 4.39 Å². The zero-order chi connectivity index (χ0) is 23.3. The highest BCUT2D eigenvalue weighted by atomic mass is 32.1. The third-order valence-electron chi connectivity index (χ3n) is 5.08. The van der Waals surface area contributed by atoms with E-state index in [1.807, 2.05) is 36.4 Å². The Labute approximate surface area is 191 Å². The number of carbonyl (C=O) groups is 1. The topological polar surface area (TPSA) is 77.8 Å². The number of aliphatic hydroxyl groups excluding tert-OH is 2. The first kappa shape index (κ1) is 23.9. The number of hydrogen-bond acceptors (Lipinski definition) is 4. The monoisotopic (exact) mass is 454 g/mol. The average Bonchev–Trinajstić information content (AvgIpc) is 3.12. The highest BCUT2D eigenvalue weighted by Crippen LogP contribution is 2.46. The molecule has 0 bridgehead atoms. The second kappa shape index (κ2) is 10.7. The number of rotatable bonds is 9. The maximum Gasteiger partial charge on any atom is 0.305 e. The van der Waals surface area contributed by atoms with Crippen molar-refractivity contribution < 1.29 is 24.5 Å². The first-order chi connectivity index (χ1) is 15.3. The molecular formula is C26H27FO4S. The number of thiophene rings is 1. The van der Waals surface area contributed by atoms with E-state index in [0.29, 0.717) is 0 Å². The van der Waals surface area contributed by atoms with Crippen molar-refractivity contribution in [1.82, 2.24) is 0 Å². The Bertz CT molecular complexity index is 1070. The van der Waals surface area contributed by atoms with Gasteiger partial charge in [-0.3, -0.25) is 4.79 Å². The molecule has 1 aromatic heterocycles. The first-order valence-electron chi connectivity index (χ1n) is 10.5. The number of carboxylic acids is 1. The van der Waals surface area contributed by atoms with Crippen LogP contribution in [0.2, 0.25) is 0 Å². The van der Waals surface area contributed by atoms with Gasteiger partial charge in [0.2, 0.25) is 0 Å². The summed E-state index contributed by atoms with van der Waals surface area (Å²) in [6.45, 7) is 4.19. The largest absolute Gasteiger partial charge is 0.481 e. The molecule has 2 unspecified atom stereocenters. The van der Waals surface area contributed by atoms with Crippen LogP contribution < -0.4 is 0 Å². The fourth-order valence-electron chi connectivity index (χ4n) is 3.60. The summed E-state index contributed by atoms with van der Waals surface area (Å²) in [5.41, 5.74) is 3.81. The summed E-state index contributed by atoms with van der Waals surface area (Å²) < 4.78 is 13.6. The van der Waals surface area contributed by atoms with Gasteiger partial charge in [0.25, 0.3) is 0 Å². The summed E-state index contributed by atoms with van der Waals surface area (Å²) in [5.74, 6) is -1.21. The van der Waals surface area contributed by atoms with Crippen LogP contribution in [0.25, 0.3) is 27.6 Å². The standard InChI is InChI=1S/C26H27FO4S/c1-16(2)25-22(13-12-20(28)14-21(29)15-23(30)31)24(17-8-10-19(27)11-9-17)26(32-25)18-6-4-3-5-7-18/h3-13,16,20-21,28-29H,14-15H2,1-2H3,(H,30,31)/b13-12+. The summed E-state index contributed by atoms with van der Waals surface area (Å²) in [7, 11) is 0. The molecule has 3 N–H and O–H groups in total. The third-order valence-corrected chi connectivity index (χ3v) is 6.63. The highest BCUT2D eigenvalue weighted by molar-refractivity contribution is 7.16. The van der Waals surface area contributed by atoms with Crippen molar-refractivity contribution in [3.05, 3.63) is 76.9 Å². The number of halogens is 1. The molecule has 32 heavy (non-hydrogen) atoms. The lowest BCUT2D eigenvalue weighted by Gasteiger charge is -2.12. The number of carboxylic acid groups (broad SMARTS) is 1. The van der Waals surface area contributed by atoms with Crippen molar-refractivity contribution in [1.29, 1.82) is 0 Å². The normalized spacial score (nSPS) is 13.6. The molecular weight excluding hydrogens is 427 g/mol. The Hall–Kier alpha value is -2.80. The Morgan fingerprint density at radius 1 is 1.03 bits per heavy atom. The molecule has 0 fully saturated rings. The summed E-state index contributed by atoms with van der Waals surface area (Å²) in [6, 6.07) is 16.3. The van der Waals surface area contributed by atoms with Crippen molar-refractivity contribution in [2.24, 2.45) is 0 Å². The van der Waals surface area contributed by atoms with E-state index in [0.717, 1.165) is 32.0 Å². The molecule has 4 nitrogen and oxygen atoms in total. The molecule has 2 atom stereocenters. The van der Waals surface area contributed by atoms with Crippen LogP contribution in [0.5, 0.6) is 0 Å². The lowest BCUT2D eigenvalue weighted by molar-refractivity contribution is -0.139. The van der Waals surface area contributed by atoms with Gasteiger partial charge in [-0.2, -0.15) is 0 Å². The fourth-order valence-corrected chi connectivity index (χ4v) is 4.92. The SMILES string of the molecule is CC(C)c1sc(-c2ccccc2)c(-c2ccc(F)cc2)c1/C=C/C(O)CC(O)CC(=O)O. The summed E-state index contributed by atoms with van der Waals surface area (Å²) >= 11 is 1.67. The molecule has 3 aromatic rings. The van der Waals surface area contributed by atoms with Gasteiger partial charge in [-0.05, 0) is 34.7 Å². The van der Waals surface area contributed by atoms with Crippen LogP contribution >= 0.6 is 11.3 Å². The zero-order valence-electron chi connectivity index (χ0n) is 18.0. The van der Waals surface area contributed by atoms with Gasteiger partial charge in [-0.25, -0.2) is 4.39 Å². The van der Waals surface area contributed by atoms with Gasteiger partial charge in [0.1, 0.15) is 5.82 Å². The molecule has 0 saturated heterocycles. The first-order valence-corrected chi connectivity index (χ1v) is 11.3. The minimum atomic E-state index is -1.13. The third kappa shape index (κ3) is 5.91. The van der Waals surface area contributed by atoms with E-state index in [2.05, 4.69) is 13.8 Å². The van der Waals surface area contributed by atoms with E-state index in [4.69, 9.17) is 5.11 Å². The van der Waals surface area contributed by atoms with Gasteiger partial charge < -0.3 is 15.3 Å². The predicted octanol–water partition coefficient (Wildman–Crippen LogP) is 5.94. The molecule has 1 heterocycles. The Morgan fingerprint density at radius 3 is 2.28 bits per heavy atom. The molecule has 2 aromatic carbocycles. The van der Waals surface area contributed by atoms with Gasteiger partial charge in [0, 0.05) is 21.7 Å². The molecule has 0 spiro atoms. The summed E-state index contributed by atoms with van der Waals surface area (Å²) in [5, 5.41) is 29.0. The van der Waals surface area contributed by atoms with E-state index >= 15 is 0 Å². The minimum Gasteiger partial charge on any atom is -0.481 e. The van der Waals surface area contributed by atoms with Crippen LogP contribution in [-0.2, 0) is 4.79 Å². The second-order valence-electron chi connectivity index (χ2n) is 8.03. The predicted molar refractivity (Wildman–Crippen MR) is 127 cm³/mol. The van der Waals surface area contributed by atoms with Crippen LogP contribution in [0.15, 0.2) is 60.7 Å². The van der Waals surface area contributed by atoms with Gasteiger partial charge in [0.05, 0.1) is 18.6 Å². The van der Waals surface area contributed by atoms with Gasteiger partial charge in [-0.1, -0.05) is 68.5 Å².